The normalized spacial score (nSPS) is 10.0. The van der Waals surface area contributed by atoms with Gasteiger partial charge in [0.15, 0.2) is 11.5 Å². The topological polar surface area (TPSA) is 36.3 Å². The van der Waals surface area contributed by atoms with E-state index < -0.39 is 0 Å². The van der Waals surface area contributed by atoms with E-state index in [1.165, 1.54) is 0 Å². The molecule has 1 aromatic heterocycles. The Balaban J connectivity index is 2.56. The van der Waals surface area contributed by atoms with Gasteiger partial charge in [0, 0.05) is 6.20 Å². The molecule has 0 unspecified atom stereocenters. The SMILES string of the molecule is COc1cccc(-n2cc[c]n2)c1OC. The van der Waals surface area contributed by atoms with E-state index in [9.17, 15) is 0 Å². The summed E-state index contributed by atoms with van der Waals surface area (Å²) in [5, 5.41) is 4.03. The standard InChI is InChI=1S/C11H11N2O2/c1-14-10-6-3-5-9(11(10)15-2)13-8-4-7-12-13/h3-6,8H,1-2H3. The van der Waals surface area contributed by atoms with E-state index in [1.807, 2.05) is 18.2 Å². The van der Waals surface area contributed by atoms with Crippen molar-refractivity contribution in [3.05, 3.63) is 36.7 Å². The molecule has 0 aliphatic heterocycles. The first-order chi connectivity index (χ1) is 7.36. The Bertz CT molecular complexity index is 438. The first-order valence-corrected chi connectivity index (χ1v) is 4.50. The van der Waals surface area contributed by atoms with Crippen molar-refractivity contribution in [2.75, 3.05) is 14.2 Å². The van der Waals surface area contributed by atoms with Gasteiger partial charge in [0.25, 0.3) is 0 Å². The maximum Gasteiger partial charge on any atom is 0.186 e. The first-order valence-electron chi connectivity index (χ1n) is 4.50. The maximum atomic E-state index is 5.29. The van der Waals surface area contributed by atoms with Crippen molar-refractivity contribution >= 4 is 0 Å². The van der Waals surface area contributed by atoms with Crippen LogP contribution in [0.1, 0.15) is 0 Å². The highest BCUT2D eigenvalue weighted by Gasteiger charge is 2.10. The fourth-order valence-electron chi connectivity index (χ4n) is 1.42. The minimum Gasteiger partial charge on any atom is -0.493 e. The van der Waals surface area contributed by atoms with Crippen molar-refractivity contribution in [3.8, 4) is 17.2 Å². The Labute approximate surface area is 88.1 Å². The first kappa shape index (κ1) is 9.58. The third kappa shape index (κ3) is 1.66. The van der Waals surface area contributed by atoms with Crippen molar-refractivity contribution in [1.29, 1.82) is 0 Å². The number of hydrogen-bond donors (Lipinski definition) is 0. The molecule has 0 spiro atoms. The van der Waals surface area contributed by atoms with Crippen LogP contribution < -0.4 is 9.47 Å². The molecule has 0 atom stereocenters. The number of aromatic nitrogens is 2. The van der Waals surface area contributed by atoms with Gasteiger partial charge in [-0.2, -0.15) is 5.10 Å². The van der Waals surface area contributed by atoms with E-state index in [0.29, 0.717) is 11.5 Å². The number of para-hydroxylation sites is 1. The van der Waals surface area contributed by atoms with Crippen LogP contribution in [0, 0.1) is 6.20 Å². The largest absolute Gasteiger partial charge is 0.493 e. The highest BCUT2D eigenvalue weighted by Crippen LogP contribution is 2.32. The van der Waals surface area contributed by atoms with Crippen molar-refractivity contribution in [3.63, 3.8) is 0 Å². The summed E-state index contributed by atoms with van der Waals surface area (Å²) < 4.78 is 12.2. The van der Waals surface area contributed by atoms with Crippen LogP contribution in [0.25, 0.3) is 5.69 Å². The molecule has 4 heteroatoms. The van der Waals surface area contributed by atoms with Gasteiger partial charge in [-0.25, -0.2) is 4.68 Å². The molecular formula is C11H11N2O2. The second-order valence-corrected chi connectivity index (χ2v) is 2.90. The Morgan fingerprint density at radius 3 is 2.73 bits per heavy atom. The Hall–Kier alpha value is -1.97. The lowest BCUT2D eigenvalue weighted by molar-refractivity contribution is 0.353. The number of nitrogens with zero attached hydrogens (tertiary/aromatic N) is 2. The van der Waals surface area contributed by atoms with Crippen LogP contribution in [-0.2, 0) is 0 Å². The van der Waals surface area contributed by atoms with Gasteiger partial charge >= 0.3 is 0 Å². The minimum atomic E-state index is 0.664. The third-order valence-corrected chi connectivity index (χ3v) is 2.08. The highest BCUT2D eigenvalue weighted by atomic mass is 16.5. The van der Waals surface area contributed by atoms with Crippen LogP contribution in [0.5, 0.6) is 11.5 Å². The van der Waals surface area contributed by atoms with Gasteiger partial charge in [0.2, 0.25) is 0 Å². The lowest BCUT2D eigenvalue weighted by Crippen LogP contribution is -2.00. The van der Waals surface area contributed by atoms with Crippen molar-refractivity contribution in [2.24, 2.45) is 0 Å². The number of benzene rings is 1. The summed E-state index contributed by atoms with van der Waals surface area (Å²) in [5.74, 6) is 1.35. The zero-order valence-corrected chi connectivity index (χ0v) is 8.60. The quantitative estimate of drug-likeness (QED) is 0.761. The van der Waals surface area contributed by atoms with Gasteiger partial charge in [0.05, 0.1) is 14.2 Å². The number of ether oxygens (including phenoxy) is 2. The number of hydrogen-bond acceptors (Lipinski definition) is 3. The average Bonchev–Trinajstić information content (AvgIpc) is 2.81. The van der Waals surface area contributed by atoms with Crippen LogP contribution in [0.4, 0.5) is 0 Å². The summed E-state index contributed by atoms with van der Waals surface area (Å²) in [5.41, 5.74) is 0.832. The van der Waals surface area contributed by atoms with E-state index in [1.54, 1.807) is 31.2 Å². The van der Waals surface area contributed by atoms with Gasteiger partial charge in [-0.3, -0.25) is 0 Å². The molecule has 2 aromatic rings. The molecule has 0 saturated heterocycles. The average molecular weight is 203 g/mol. The molecule has 1 radical (unpaired) electrons. The molecule has 2 rings (SSSR count). The monoisotopic (exact) mass is 203 g/mol. The molecule has 0 amide bonds. The fraction of sp³-hybridized carbons (Fsp3) is 0.182. The molecule has 0 fully saturated rings. The van der Waals surface area contributed by atoms with Crippen LogP contribution in [0.2, 0.25) is 0 Å². The molecule has 15 heavy (non-hydrogen) atoms. The van der Waals surface area contributed by atoms with Crippen molar-refractivity contribution in [2.45, 2.75) is 0 Å². The van der Waals surface area contributed by atoms with Gasteiger partial charge in [0.1, 0.15) is 11.9 Å². The number of methoxy groups -OCH3 is 2. The van der Waals surface area contributed by atoms with Gasteiger partial charge < -0.3 is 9.47 Å². The highest BCUT2D eigenvalue weighted by molar-refractivity contribution is 5.55. The lowest BCUT2D eigenvalue weighted by atomic mass is 10.2. The molecule has 0 bridgehead atoms. The molecule has 0 aliphatic carbocycles. The summed E-state index contributed by atoms with van der Waals surface area (Å²) in [6, 6.07) is 7.37. The van der Waals surface area contributed by atoms with Crippen LogP contribution in [0.3, 0.4) is 0 Å². The zero-order chi connectivity index (χ0) is 10.7. The third-order valence-electron chi connectivity index (χ3n) is 2.08. The molecule has 0 saturated carbocycles. The van der Waals surface area contributed by atoms with Crippen molar-refractivity contribution in [1.82, 2.24) is 9.78 Å². The van der Waals surface area contributed by atoms with E-state index in [-0.39, 0.29) is 0 Å². The second-order valence-electron chi connectivity index (χ2n) is 2.90. The Morgan fingerprint density at radius 2 is 2.13 bits per heavy atom. The maximum absolute atomic E-state index is 5.29. The predicted octanol–water partition coefficient (Wildman–Crippen LogP) is 1.69. The van der Waals surface area contributed by atoms with Gasteiger partial charge in [-0.15, -0.1) is 0 Å². The molecule has 0 N–H and O–H groups in total. The van der Waals surface area contributed by atoms with Crippen LogP contribution >= 0.6 is 0 Å². The summed E-state index contributed by atoms with van der Waals surface area (Å²) in [4.78, 5) is 0. The second kappa shape index (κ2) is 4.04. The van der Waals surface area contributed by atoms with Gasteiger partial charge in [-0.05, 0) is 18.2 Å². The minimum absolute atomic E-state index is 0.664. The summed E-state index contributed by atoms with van der Waals surface area (Å²) >= 11 is 0. The predicted molar refractivity (Wildman–Crippen MR) is 55.5 cm³/mol. The summed E-state index contributed by atoms with van der Waals surface area (Å²) in [7, 11) is 3.21. The smallest absolute Gasteiger partial charge is 0.186 e. The van der Waals surface area contributed by atoms with Crippen LogP contribution in [0.15, 0.2) is 30.5 Å². The zero-order valence-electron chi connectivity index (χ0n) is 8.60. The lowest BCUT2D eigenvalue weighted by Gasteiger charge is -2.11. The summed E-state index contributed by atoms with van der Waals surface area (Å²) in [6.07, 6.45) is 4.54. The van der Waals surface area contributed by atoms with E-state index in [0.717, 1.165) is 5.69 Å². The van der Waals surface area contributed by atoms with Gasteiger partial charge in [-0.1, -0.05) is 6.07 Å². The fourth-order valence-corrected chi connectivity index (χ4v) is 1.42. The molecule has 1 aromatic carbocycles. The molecule has 1 heterocycles. The molecule has 4 nitrogen and oxygen atoms in total. The van der Waals surface area contributed by atoms with Crippen LogP contribution in [-0.4, -0.2) is 24.0 Å². The molecule has 0 aliphatic rings. The van der Waals surface area contributed by atoms with E-state index in [4.69, 9.17) is 9.47 Å². The van der Waals surface area contributed by atoms with Crippen molar-refractivity contribution < 1.29 is 9.47 Å². The number of rotatable bonds is 3. The summed E-state index contributed by atoms with van der Waals surface area (Å²) in [6.45, 7) is 0. The Morgan fingerprint density at radius 1 is 1.27 bits per heavy atom. The van der Waals surface area contributed by atoms with E-state index >= 15 is 0 Å². The Kier molecular flexibility index (Phi) is 2.58. The molecular weight excluding hydrogens is 192 g/mol. The molecule has 77 valence electrons. The van der Waals surface area contributed by atoms with E-state index in [2.05, 4.69) is 11.3 Å².